The van der Waals surface area contributed by atoms with E-state index in [1.54, 1.807) is 12.1 Å². The average Bonchev–Trinajstić information content (AvgIpc) is 2.93. The van der Waals surface area contributed by atoms with E-state index in [9.17, 15) is 4.39 Å². The lowest BCUT2D eigenvalue weighted by Crippen LogP contribution is -2.06. The summed E-state index contributed by atoms with van der Waals surface area (Å²) in [5, 5.41) is 8.88. The highest BCUT2D eigenvalue weighted by Crippen LogP contribution is 2.23. The van der Waals surface area contributed by atoms with Crippen LogP contribution in [0.3, 0.4) is 0 Å². The first-order valence-corrected chi connectivity index (χ1v) is 7.05. The third-order valence-corrected chi connectivity index (χ3v) is 3.92. The molecule has 19 heavy (non-hydrogen) atoms. The zero-order valence-corrected chi connectivity index (χ0v) is 12.2. The topological polar surface area (TPSA) is 37.9 Å². The van der Waals surface area contributed by atoms with E-state index in [0.717, 1.165) is 6.42 Å². The zero-order chi connectivity index (χ0) is 13.7. The highest BCUT2D eigenvalue weighted by atomic mass is 127. The molecular formula is C14H12FIN2O. The van der Waals surface area contributed by atoms with Gasteiger partial charge in [-0.25, -0.2) is 4.39 Å². The molecule has 1 unspecified atom stereocenters. The van der Waals surface area contributed by atoms with Crippen LogP contribution in [-0.2, 0) is 0 Å². The number of nitriles is 1. The molecule has 0 bridgehead atoms. The number of hydrogen-bond acceptors (Lipinski definition) is 2. The van der Waals surface area contributed by atoms with Gasteiger partial charge in [-0.1, -0.05) is 28.7 Å². The molecule has 0 spiro atoms. The maximum atomic E-state index is 13.4. The fourth-order valence-electron chi connectivity index (χ4n) is 1.68. The number of halogens is 2. The molecule has 1 aromatic carbocycles. The van der Waals surface area contributed by atoms with Crippen molar-refractivity contribution >= 4 is 22.6 Å². The van der Waals surface area contributed by atoms with Crippen LogP contribution in [0.25, 0.3) is 0 Å². The van der Waals surface area contributed by atoms with Gasteiger partial charge in [0.2, 0.25) is 0 Å². The van der Waals surface area contributed by atoms with Crippen molar-refractivity contribution in [3.05, 3.63) is 54.1 Å². The molecule has 0 saturated carbocycles. The Hall–Kier alpha value is -1.55. The van der Waals surface area contributed by atoms with Gasteiger partial charge >= 0.3 is 0 Å². The number of aromatic nitrogens is 1. The number of hydrogen-bond donors (Lipinski definition) is 0. The average molecular weight is 370 g/mol. The summed E-state index contributed by atoms with van der Waals surface area (Å²) in [6.45, 7) is 0.434. The molecule has 98 valence electrons. The van der Waals surface area contributed by atoms with E-state index in [0.29, 0.717) is 12.4 Å². The fourth-order valence-corrected chi connectivity index (χ4v) is 2.31. The first-order chi connectivity index (χ1) is 9.22. The lowest BCUT2D eigenvalue weighted by Gasteiger charge is -2.13. The maximum Gasteiger partial charge on any atom is 0.144 e. The Morgan fingerprint density at radius 3 is 2.74 bits per heavy atom. The number of ether oxygens (including phenoxy) is 1. The van der Waals surface area contributed by atoms with Gasteiger partial charge in [-0.3, -0.25) is 0 Å². The molecule has 0 saturated heterocycles. The molecule has 0 radical (unpaired) electrons. The van der Waals surface area contributed by atoms with Crippen LogP contribution in [0.5, 0.6) is 5.75 Å². The predicted molar refractivity (Wildman–Crippen MR) is 78.7 cm³/mol. The van der Waals surface area contributed by atoms with E-state index < -0.39 is 5.82 Å². The Morgan fingerprint density at radius 1 is 1.32 bits per heavy atom. The zero-order valence-electron chi connectivity index (χ0n) is 10.1. The maximum absolute atomic E-state index is 13.4. The first kappa shape index (κ1) is 13.9. The Labute approximate surface area is 124 Å². The minimum Gasteiger partial charge on any atom is -0.492 e. The van der Waals surface area contributed by atoms with Crippen LogP contribution in [0, 0.1) is 17.1 Å². The molecule has 2 rings (SSSR count). The highest BCUT2D eigenvalue weighted by Gasteiger charge is 2.10. The van der Waals surface area contributed by atoms with Gasteiger partial charge < -0.3 is 9.30 Å². The Kier molecular flexibility index (Phi) is 4.80. The van der Waals surface area contributed by atoms with Crippen LogP contribution in [-0.4, -0.2) is 11.2 Å². The van der Waals surface area contributed by atoms with Gasteiger partial charge in [-0.15, -0.1) is 0 Å². The molecule has 1 aromatic heterocycles. The summed E-state index contributed by atoms with van der Waals surface area (Å²) in [5.41, 5.74) is -0.0338. The largest absolute Gasteiger partial charge is 0.492 e. The van der Waals surface area contributed by atoms with E-state index in [-0.39, 0.29) is 9.61 Å². The smallest absolute Gasteiger partial charge is 0.144 e. The number of nitrogens with zero attached hydrogens (tertiary/aromatic N) is 2. The number of alkyl halides is 1. The monoisotopic (exact) mass is 370 g/mol. The quantitative estimate of drug-likeness (QED) is 0.592. The summed E-state index contributed by atoms with van der Waals surface area (Å²) < 4.78 is 21.2. The second-order valence-electron chi connectivity index (χ2n) is 3.93. The van der Waals surface area contributed by atoms with Crippen molar-refractivity contribution in [1.29, 1.82) is 5.26 Å². The number of benzene rings is 1. The lowest BCUT2D eigenvalue weighted by atomic mass is 10.2. The summed E-state index contributed by atoms with van der Waals surface area (Å²) >= 11 is 2.32. The SMILES string of the molecule is N#Cc1c(F)cccc1OCCC(I)n1cccc1. The van der Waals surface area contributed by atoms with Crippen molar-refractivity contribution in [3.8, 4) is 11.8 Å². The molecular weight excluding hydrogens is 358 g/mol. The molecule has 1 heterocycles. The van der Waals surface area contributed by atoms with E-state index in [1.165, 1.54) is 6.07 Å². The summed E-state index contributed by atoms with van der Waals surface area (Å²) in [6, 6.07) is 10.2. The summed E-state index contributed by atoms with van der Waals surface area (Å²) in [5.74, 6) is -0.241. The Balaban J connectivity index is 1.93. The van der Waals surface area contributed by atoms with Crippen molar-refractivity contribution < 1.29 is 9.13 Å². The summed E-state index contributed by atoms with van der Waals surface area (Å²) in [4.78, 5) is 0. The molecule has 5 heteroatoms. The van der Waals surface area contributed by atoms with Gasteiger partial charge in [0.05, 0.1) is 10.7 Å². The van der Waals surface area contributed by atoms with Gasteiger partial charge in [-0.2, -0.15) is 5.26 Å². The van der Waals surface area contributed by atoms with Crippen molar-refractivity contribution in [2.75, 3.05) is 6.61 Å². The van der Waals surface area contributed by atoms with Gasteiger partial charge in [0, 0.05) is 18.8 Å². The molecule has 3 nitrogen and oxygen atoms in total. The molecule has 0 N–H and O–H groups in total. The Bertz CT molecular complexity index is 578. The van der Waals surface area contributed by atoms with Crippen LogP contribution in [0.4, 0.5) is 4.39 Å². The van der Waals surface area contributed by atoms with Crippen molar-refractivity contribution in [2.24, 2.45) is 0 Å². The molecule has 1 atom stereocenters. The van der Waals surface area contributed by atoms with Crippen molar-refractivity contribution in [3.63, 3.8) is 0 Å². The molecule has 2 aromatic rings. The van der Waals surface area contributed by atoms with Crippen molar-refractivity contribution in [2.45, 2.75) is 10.5 Å². The first-order valence-electron chi connectivity index (χ1n) is 5.80. The van der Waals surface area contributed by atoms with Crippen LogP contribution in [0.15, 0.2) is 42.7 Å². The van der Waals surface area contributed by atoms with Crippen molar-refractivity contribution in [1.82, 2.24) is 4.57 Å². The van der Waals surface area contributed by atoms with Crippen LogP contribution >= 0.6 is 22.6 Å². The molecule has 0 aliphatic rings. The predicted octanol–water partition coefficient (Wildman–Crippen LogP) is 3.90. The minimum absolute atomic E-state index is 0.0338. The van der Waals surface area contributed by atoms with Crippen LogP contribution in [0.2, 0.25) is 0 Å². The van der Waals surface area contributed by atoms with E-state index in [4.69, 9.17) is 10.00 Å². The lowest BCUT2D eigenvalue weighted by molar-refractivity contribution is 0.300. The molecule has 0 aliphatic heterocycles. The highest BCUT2D eigenvalue weighted by molar-refractivity contribution is 14.1. The summed E-state index contributed by atoms with van der Waals surface area (Å²) in [6.07, 6.45) is 4.75. The van der Waals surface area contributed by atoms with Gasteiger partial charge in [0.1, 0.15) is 23.2 Å². The molecule has 0 fully saturated rings. The minimum atomic E-state index is -0.545. The second kappa shape index (κ2) is 6.57. The fraction of sp³-hybridized carbons (Fsp3) is 0.214. The normalized spacial score (nSPS) is 11.8. The Morgan fingerprint density at radius 2 is 2.05 bits per heavy atom. The van der Waals surface area contributed by atoms with E-state index in [2.05, 4.69) is 27.2 Å². The number of rotatable bonds is 5. The van der Waals surface area contributed by atoms with Gasteiger partial charge in [-0.05, 0) is 24.3 Å². The third kappa shape index (κ3) is 3.47. The van der Waals surface area contributed by atoms with Gasteiger partial charge in [0.15, 0.2) is 0 Å². The molecule has 0 aliphatic carbocycles. The second-order valence-corrected chi connectivity index (χ2v) is 5.36. The van der Waals surface area contributed by atoms with Gasteiger partial charge in [0.25, 0.3) is 0 Å². The standard InChI is InChI=1S/C14H12FIN2O/c15-12-4-3-5-13(11(12)10-17)19-9-6-14(16)18-7-1-2-8-18/h1-5,7-8,14H,6,9H2. The summed E-state index contributed by atoms with van der Waals surface area (Å²) in [7, 11) is 0. The molecule has 0 amide bonds. The van der Waals surface area contributed by atoms with Crippen LogP contribution in [0.1, 0.15) is 16.0 Å². The third-order valence-electron chi connectivity index (χ3n) is 2.65. The van der Waals surface area contributed by atoms with Crippen LogP contribution < -0.4 is 4.74 Å². The van der Waals surface area contributed by atoms with E-state index >= 15 is 0 Å². The van der Waals surface area contributed by atoms with E-state index in [1.807, 2.05) is 30.6 Å².